The van der Waals surface area contributed by atoms with Crippen LogP contribution in [0.15, 0.2) is 6.20 Å². The molecule has 1 aromatic rings. The number of aromatic nitrogens is 2. The van der Waals surface area contributed by atoms with E-state index in [9.17, 15) is 18.0 Å². The molecular formula is C12H16F3N3O3. The van der Waals surface area contributed by atoms with Gasteiger partial charge in [-0.1, -0.05) is 0 Å². The van der Waals surface area contributed by atoms with Crippen LogP contribution < -0.4 is 5.48 Å². The van der Waals surface area contributed by atoms with E-state index in [1.807, 2.05) is 0 Å². The van der Waals surface area contributed by atoms with Gasteiger partial charge in [-0.2, -0.15) is 13.2 Å². The lowest BCUT2D eigenvalue weighted by molar-refractivity contribution is -0.141. The summed E-state index contributed by atoms with van der Waals surface area (Å²) < 4.78 is 39.3. The highest BCUT2D eigenvalue weighted by Crippen LogP contribution is 2.33. The fourth-order valence-electron chi connectivity index (χ4n) is 2.17. The lowest BCUT2D eigenvalue weighted by Crippen LogP contribution is -2.34. The van der Waals surface area contributed by atoms with Crippen LogP contribution in [0.1, 0.15) is 37.2 Å². The van der Waals surface area contributed by atoms with Gasteiger partial charge in [-0.25, -0.2) is 10.5 Å². The highest BCUT2D eigenvalue weighted by atomic mass is 19.4. The van der Waals surface area contributed by atoms with Crippen LogP contribution in [0.5, 0.6) is 0 Å². The highest BCUT2D eigenvalue weighted by Gasteiger charge is 2.38. The average Bonchev–Trinajstić information content (AvgIpc) is 2.81. The molecule has 0 spiro atoms. The maximum Gasteiger partial charge on any atom is 0.434 e. The number of halogens is 3. The lowest BCUT2D eigenvalue weighted by Gasteiger charge is -2.22. The third-order valence-electron chi connectivity index (χ3n) is 3.12. The number of carbonyl (C=O) groups excluding carboxylic acids is 1. The Morgan fingerprint density at radius 1 is 1.67 bits per heavy atom. The largest absolute Gasteiger partial charge is 0.434 e. The molecule has 2 heterocycles. The molecule has 21 heavy (non-hydrogen) atoms. The molecule has 0 aromatic carbocycles. The molecule has 0 saturated carbocycles. The Balaban J connectivity index is 2.10. The first-order valence-electron chi connectivity index (χ1n) is 6.53. The smallest absolute Gasteiger partial charge is 0.391 e. The van der Waals surface area contributed by atoms with Crippen LogP contribution in [0.4, 0.5) is 13.2 Å². The molecule has 2 N–H and O–H groups in total. The molecule has 6 nitrogen and oxygen atoms in total. The molecule has 2 unspecified atom stereocenters. The molecule has 0 radical (unpaired) electrons. The summed E-state index contributed by atoms with van der Waals surface area (Å²) in [4.78, 5) is 20.3. The van der Waals surface area contributed by atoms with Crippen molar-refractivity contribution in [3.8, 4) is 0 Å². The highest BCUT2D eigenvalue weighted by molar-refractivity contribution is 5.82. The predicted octanol–water partition coefficient (Wildman–Crippen LogP) is 1.21. The Kier molecular flexibility index (Phi) is 4.52. The summed E-state index contributed by atoms with van der Waals surface area (Å²) in [6, 6.07) is 0. The Morgan fingerprint density at radius 2 is 2.38 bits per heavy atom. The van der Waals surface area contributed by atoms with Crippen LogP contribution in [0.25, 0.3) is 0 Å². The number of imidazole rings is 1. The first-order valence-corrected chi connectivity index (χ1v) is 6.53. The quantitative estimate of drug-likeness (QED) is 0.820. The van der Waals surface area contributed by atoms with Crippen molar-refractivity contribution >= 4 is 5.91 Å². The van der Waals surface area contributed by atoms with Gasteiger partial charge in [-0.05, 0) is 19.8 Å². The van der Waals surface area contributed by atoms with Crippen molar-refractivity contribution in [1.29, 1.82) is 0 Å². The van der Waals surface area contributed by atoms with Gasteiger partial charge in [0.2, 0.25) is 0 Å². The second-order valence-electron chi connectivity index (χ2n) is 5.00. The van der Waals surface area contributed by atoms with E-state index in [0.29, 0.717) is 19.4 Å². The van der Waals surface area contributed by atoms with Crippen molar-refractivity contribution in [2.24, 2.45) is 0 Å². The number of amides is 1. The van der Waals surface area contributed by atoms with Gasteiger partial charge in [-0.3, -0.25) is 9.63 Å². The van der Waals surface area contributed by atoms with E-state index in [1.54, 1.807) is 0 Å². The summed E-state index contributed by atoms with van der Waals surface area (Å²) in [5.74, 6) is -1.26. The number of carbonyl (C=O) groups is 1. The van der Waals surface area contributed by atoms with E-state index in [-0.39, 0.29) is 12.4 Å². The number of aliphatic hydroxyl groups is 1. The van der Waals surface area contributed by atoms with Gasteiger partial charge in [0.05, 0.1) is 12.0 Å². The second kappa shape index (κ2) is 6.02. The van der Waals surface area contributed by atoms with Crippen LogP contribution in [0, 0.1) is 0 Å². The minimum atomic E-state index is -4.53. The van der Waals surface area contributed by atoms with E-state index in [1.165, 1.54) is 11.5 Å². The summed E-state index contributed by atoms with van der Waals surface area (Å²) in [7, 11) is 0. The van der Waals surface area contributed by atoms with Crippen LogP contribution in [0.2, 0.25) is 0 Å². The standard InChI is InChI=1S/C12H16F3N3O3/c1-7(19)6-21-17-11(20)8-3-2-4-18-5-9(12(13,14)15)16-10(8)18/h5,7-8,19H,2-4,6H2,1H3,(H,17,20). The zero-order valence-electron chi connectivity index (χ0n) is 11.4. The van der Waals surface area contributed by atoms with Gasteiger partial charge in [0.1, 0.15) is 12.4 Å². The minimum absolute atomic E-state index is 0.0896. The topological polar surface area (TPSA) is 76.4 Å². The molecule has 1 aromatic heterocycles. The molecular weight excluding hydrogens is 291 g/mol. The Hall–Kier alpha value is -1.61. The molecule has 0 bridgehead atoms. The molecule has 2 rings (SSSR count). The van der Waals surface area contributed by atoms with E-state index >= 15 is 0 Å². The molecule has 0 aliphatic carbocycles. The number of alkyl halides is 3. The summed E-state index contributed by atoms with van der Waals surface area (Å²) in [6.07, 6.45) is -3.39. The van der Waals surface area contributed by atoms with Crippen LogP contribution >= 0.6 is 0 Å². The van der Waals surface area contributed by atoms with E-state index < -0.39 is 29.8 Å². The van der Waals surface area contributed by atoms with Crippen LogP contribution in [0.3, 0.4) is 0 Å². The second-order valence-corrected chi connectivity index (χ2v) is 5.00. The fourth-order valence-corrected chi connectivity index (χ4v) is 2.17. The molecule has 118 valence electrons. The fraction of sp³-hybridized carbons (Fsp3) is 0.667. The first kappa shape index (κ1) is 15.8. The van der Waals surface area contributed by atoms with Gasteiger partial charge >= 0.3 is 6.18 Å². The van der Waals surface area contributed by atoms with Crippen LogP contribution in [-0.2, 0) is 22.4 Å². The maximum atomic E-state index is 12.7. The summed E-state index contributed by atoms with van der Waals surface area (Å²) in [6.45, 7) is 1.78. The van der Waals surface area contributed by atoms with Gasteiger partial charge in [0, 0.05) is 12.7 Å². The number of rotatable bonds is 4. The Labute approximate surface area is 118 Å². The van der Waals surface area contributed by atoms with Gasteiger partial charge < -0.3 is 9.67 Å². The number of aliphatic hydroxyl groups excluding tert-OH is 1. The van der Waals surface area contributed by atoms with Crippen molar-refractivity contribution in [3.05, 3.63) is 17.7 Å². The zero-order valence-corrected chi connectivity index (χ0v) is 11.4. The molecule has 1 aliphatic heterocycles. The van der Waals surface area contributed by atoms with Gasteiger partial charge in [-0.15, -0.1) is 0 Å². The molecule has 1 aliphatic rings. The number of hydrogen-bond donors (Lipinski definition) is 2. The predicted molar refractivity (Wildman–Crippen MR) is 65.0 cm³/mol. The van der Waals surface area contributed by atoms with Gasteiger partial charge in [0.15, 0.2) is 5.69 Å². The van der Waals surface area contributed by atoms with Crippen molar-refractivity contribution in [2.75, 3.05) is 6.61 Å². The van der Waals surface area contributed by atoms with Gasteiger partial charge in [0.25, 0.3) is 5.91 Å². The maximum absolute atomic E-state index is 12.7. The van der Waals surface area contributed by atoms with Crippen molar-refractivity contribution in [1.82, 2.24) is 15.0 Å². The summed E-state index contributed by atoms with van der Waals surface area (Å²) >= 11 is 0. The van der Waals surface area contributed by atoms with E-state index in [2.05, 4.69) is 10.5 Å². The molecule has 9 heteroatoms. The van der Waals surface area contributed by atoms with Crippen LogP contribution in [-0.4, -0.2) is 33.3 Å². The minimum Gasteiger partial charge on any atom is -0.391 e. The Morgan fingerprint density at radius 3 is 3.00 bits per heavy atom. The normalized spacial score (nSPS) is 20.0. The Bertz CT molecular complexity index is 514. The van der Waals surface area contributed by atoms with Crippen molar-refractivity contribution < 1.29 is 27.9 Å². The van der Waals surface area contributed by atoms with E-state index in [0.717, 1.165) is 6.20 Å². The number of hydroxylamine groups is 1. The summed E-state index contributed by atoms with van der Waals surface area (Å²) in [5, 5.41) is 9.01. The molecule has 0 fully saturated rings. The average molecular weight is 307 g/mol. The molecule has 1 amide bonds. The summed E-state index contributed by atoms with van der Waals surface area (Å²) in [5.41, 5.74) is 1.14. The first-order chi connectivity index (χ1) is 9.79. The number of nitrogens with one attached hydrogen (secondary N) is 1. The zero-order chi connectivity index (χ0) is 15.6. The molecule has 0 saturated heterocycles. The lowest BCUT2D eigenvalue weighted by atomic mass is 9.98. The SMILES string of the molecule is CC(O)CONC(=O)C1CCCn2cc(C(F)(F)F)nc21. The number of hydrogen-bond acceptors (Lipinski definition) is 4. The molecule has 2 atom stereocenters. The monoisotopic (exact) mass is 307 g/mol. The third kappa shape index (κ3) is 3.73. The van der Waals surface area contributed by atoms with Crippen molar-refractivity contribution in [3.63, 3.8) is 0 Å². The third-order valence-corrected chi connectivity index (χ3v) is 3.12. The van der Waals surface area contributed by atoms with Crippen molar-refractivity contribution in [2.45, 2.75) is 44.5 Å². The number of aryl methyl sites for hydroxylation is 1. The number of nitrogens with zero attached hydrogens (tertiary/aromatic N) is 2. The number of fused-ring (bicyclic) bond motifs is 1. The van der Waals surface area contributed by atoms with E-state index in [4.69, 9.17) is 9.94 Å².